The fourth-order valence-corrected chi connectivity index (χ4v) is 5.07. The molecule has 0 saturated heterocycles. The first-order valence-electron chi connectivity index (χ1n) is 12.4. The molecule has 0 saturated carbocycles. The van der Waals surface area contributed by atoms with Gasteiger partial charge in [0.1, 0.15) is 23.7 Å². The fourth-order valence-electron chi connectivity index (χ4n) is 4.80. The number of benzene rings is 3. The normalized spacial score (nSPS) is 16.9. The zero-order valence-corrected chi connectivity index (χ0v) is 23.7. The number of carbonyl (C=O) groups is 2. The summed E-state index contributed by atoms with van der Waals surface area (Å²) < 4.78 is 70.0. The van der Waals surface area contributed by atoms with Crippen LogP contribution >= 0.6 is 11.6 Å². The van der Waals surface area contributed by atoms with Gasteiger partial charge in [-0.1, -0.05) is 23.7 Å². The van der Waals surface area contributed by atoms with Crippen molar-refractivity contribution in [3.63, 3.8) is 0 Å². The molecule has 0 bridgehead atoms. The highest BCUT2D eigenvalue weighted by molar-refractivity contribution is 6.31. The fraction of sp³-hybridized carbons (Fsp3) is 0.310. The average Bonchev–Trinajstić information content (AvgIpc) is 3.05. The van der Waals surface area contributed by atoms with Crippen LogP contribution in [0.2, 0.25) is 5.02 Å². The minimum absolute atomic E-state index is 0.0771. The number of fused-ring (bicyclic) bond motifs is 1. The van der Waals surface area contributed by atoms with Crippen molar-refractivity contribution in [1.29, 1.82) is 0 Å². The number of carboxylic acids is 1. The largest absolute Gasteiger partial charge is 0.497 e. The van der Waals surface area contributed by atoms with E-state index in [2.05, 4.69) is 0 Å². The molecule has 1 aliphatic heterocycles. The van der Waals surface area contributed by atoms with Gasteiger partial charge >= 0.3 is 12.1 Å². The summed E-state index contributed by atoms with van der Waals surface area (Å²) in [6.07, 6.45) is -8.52. The molecule has 3 aromatic carbocycles. The first-order valence-corrected chi connectivity index (χ1v) is 12.8. The van der Waals surface area contributed by atoms with Crippen molar-refractivity contribution < 1.29 is 51.6 Å². The molecule has 2 atom stereocenters. The summed E-state index contributed by atoms with van der Waals surface area (Å²) in [5, 5.41) is 9.01. The standard InChI is InChI=1S/C29H27ClF3NO8/c1-38-16-9-8-15(23(10-16)40-3)14-34-21-12-19(29(31,32)33)20(30)11-18(21)26(42-24(28(34)37)13-25(35)36)17-6-5-7-22(39-2)27(17)41-4/h5-12,24,26H,13-14H2,1-4H3,(H,35,36). The summed E-state index contributed by atoms with van der Waals surface area (Å²) in [7, 11) is 5.60. The Kier molecular flexibility index (Phi) is 9.07. The van der Waals surface area contributed by atoms with Crippen molar-refractivity contribution in [2.75, 3.05) is 33.3 Å². The van der Waals surface area contributed by atoms with Gasteiger partial charge in [0.25, 0.3) is 5.91 Å². The third kappa shape index (κ3) is 6.04. The van der Waals surface area contributed by atoms with Crippen molar-refractivity contribution in [2.45, 2.75) is 31.3 Å². The molecular formula is C29H27ClF3NO8. The van der Waals surface area contributed by atoms with Crippen LogP contribution in [0.1, 0.15) is 34.8 Å². The van der Waals surface area contributed by atoms with Crippen molar-refractivity contribution in [3.8, 4) is 23.0 Å². The van der Waals surface area contributed by atoms with E-state index in [1.807, 2.05) is 0 Å². The maximum Gasteiger partial charge on any atom is 0.417 e. The number of methoxy groups -OCH3 is 4. The van der Waals surface area contributed by atoms with Crippen molar-refractivity contribution >= 4 is 29.2 Å². The predicted molar refractivity (Wildman–Crippen MR) is 146 cm³/mol. The Hall–Kier alpha value is -4.16. The maximum absolute atomic E-state index is 14.1. The number of nitrogens with zero attached hydrogens (tertiary/aromatic N) is 1. The number of hydrogen-bond acceptors (Lipinski definition) is 7. The number of hydrogen-bond donors (Lipinski definition) is 1. The van der Waals surface area contributed by atoms with Gasteiger partial charge in [-0.15, -0.1) is 0 Å². The second kappa shape index (κ2) is 12.4. The van der Waals surface area contributed by atoms with E-state index in [9.17, 15) is 27.9 Å². The molecule has 224 valence electrons. The average molecular weight is 610 g/mol. The number of amides is 1. The van der Waals surface area contributed by atoms with Crippen molar-refractivity contribution in [2.24, 2.45) is 0 Å². The van der Waals surface area contributed by atoms with Gasteiger partial charge in [-0.3, -0.25) is 9.59 Å². The molecule has 1 aliphatic rings. The molecule has 0 spiro atoms. The zero-order chi connectivity index (χ0) is 30.8. The van der Waals surface area contributed by atoms with Crippen LogP contribution in [-0.2, 0) is 27.0 Å². The van der Waals surface area contributed by atoms with E-state index in [0.29, 0.717) is 17.1 Å². The van der Waals surface area contributed by atoms with Gasteiger partial charge in [0.2, 0.25) is 0 Å². The van der Waals surface area contributed by atoms with E-state index in [-0.39, 0.29) is 34.9 Å². The third-order valence-electron chi connectivity index (χ3n) is 6.74. The molecule has 3 aromatic rings. The number of carboxylic acid groups (broad SMARTS) is 1. The van der Waals surface area contributed by atoms with E-state index in [1.165, 1.54) is 28.4 Å². The third-order valence-corrected chi connectivity index (χ3v) is 7.05. The number of alkyl halides is 3. The number of halogens is 4. The van der Waals surface area contributed by atoms with Gasteiger partial charge in [0.05, 0.1) is 57.7 Å². The van der Waals surface area contributed by atoms with Crippen LogP contribution in [0.5, 0.6) is 23.0 Å². The zero-order valence-electron chi connectivity index (χ0n) is 23.0. The molecule has 2 unspecified atom stereocenters. The lowest BCUT2D eigenvalue weighted by Crippen LogP contribution is -2.40. The summed E-state index contributed by atoms with van der Waals surface area (Å²) in [6, 6.07) is 11.3. The molecule has 13 heteroatoms. The second-order valence-corrected chi connectivity index (χ2v) is 9.58. The van der Waals surface area contributed by atoms with Crippen molar-refractivity contribution in [1.82, 2.24) is 0 Å². The van der Waals surface area contributed by atoms with Gasteiger partial charge < -0.3 is 33.7 Å². The number of aliphatic carboxylic acids is 1. The van der Waals surface area contributed by atoms with Crippen molar-refractivity contribution in [3.05, 3.63) is 75.8 Å². The number of carbonyl (C=O) groups excluding carboxylic acids is 1. The summed E-state index contributed by atoms with van der Waals surface area (Å²) in [5.41, 5.74) is -0.602. The summed E-state index contributed by atoms with van der Waals surface area (Å²) in [5.74, 6) is -1.04. The van der Waals surface area contributed by atoms with Crippen LogP contribution in [-0.4, -0.2) is 51.5 Å². The minimum Gasteiger partial charge on any atom is -0.497 e. The number of anilines is 1. The van der Waals surface area contributed by atoms with Crippen LogP contribution in [0.3, 0.4) is 0 Å². The lowest BCUT2D eigenvalue weighted by molar-refractivity contribution is -0.147. The molecule has 4 rings (SSSR count). The Morgan fingerprint density at radius 3 is 2.29 bits per heavy atom. The van der Waals surface area contributed by atoms with E-state index in [4.69, 9.17) is 35.3 Å². The van der Waals surface area contributed by atoms with Crippen LogP contribution in [0, 0.1) is 0 Å². The Balaban J connectivity index is 2.02. The summed E-state index contributed by atoms with van der Waals surface area (Å²) in [4.78, 5) is 26.9. The van der Waals surface area contributed by atoms with E-state index < -0.39 is 47.3 Å². The van der Waals surface area contributed by atoms with Gasteiger partial charge in [-0.05, 0) is 30.3 Å². The summed E-state index contributed by atoms with van der Waals surface area (Å²) >= 11 is 6.17. The van der Waals surface area contributed by atoms with Crippen LogP contribution in [0.25, 0.3) is 0 Å². The summed E-state index contributed by atoms with van der Waals surface area (Å²) in [6.45, 7) is -0.292. The predicted octanol–water partition coefficient (Wildman–Crippen LogP) is 5.89. The SMILES string of the molecule is COc1ccc(CN2C(=O)C(CC(=O)O)OC(c3cccc(OC)c3OC)c3cc(Cl)c(C(F)(F)F)cc32)c(OC)c1. The van der Waals surface area contributed by atoms with Gasteiger partial charge in [-0.25, -0.2) is 0 Å². The first kappa shape index (κ1) is 30.8. The quantitative estimate of drug-likeness (QED) is 0.320. The highest BCUT2D eigenvalue weighted by Gasteiger charge is 2.42. The lowest BCUT2D eigenvalue weighted by Gasteiger charge is -2.27. The number of rotatable bonds is 9. The van der Waals surface area contributed by atoms with E-state index >= 15 is 0 Å². The van der Waals surface area contributed by atoms with E-state index in [0.717, 1.165) is 17.0 Å². The molecule has 9 nitrogen and oxygen atoms in total. The lowest BCUT2D eigenvalue weighted by atomic mass is 9.96. The monoisotopic (exact) mass is 609 g/mol. The van der Waals surface area contributed by atoms with Crippen LogP contribution in [0.4, 0.5) is 18.9 Å². The molecule has 1 heterocycles. The molecule has 0 fully saturated rings. The molecule has 42 heavy (non-hydrogen) atoms. The second-order valence-electron chi connectivity index (χ2n) is 9.18. The topological polar surface area (TPSA) is 104 Å². The van der Waals surface area contributed by atoms with Crippen LogP contribution < -0.4 is 23.8 Å². The Bertz CT molecular complexity index is 1500. The highest BCUT2D eigenvalue weighted by Crippen LogP contribution is 2.48. The molecule has 0 aliphatic carbocycles. The highest BCUT2D eigenvalue weighted by atomic mass is 35.5. The van der Waals surface area contributed by atoms with Crippen LogP contribution in [0.15, 0.2) is 48.5 Å². The Labute approximate surface area is 244 Å². The maximum atomic E-state index is 14.1. The van der Waals surface area contributed by atoms with Gasteiger partial charge in [0.15, 0.2) is 11.5 Å². The number of para-hydroxylation sites is 1. The van der Waals surface area contributed by atoms with Gasteiger partial charge in [0, 0.05) is 22.8 Å². The van der Waals surface area contributed by atoms with Gasteiger partial charge in [-0.2, -0.15) is 13.2 Å². The smallest absolute Gasteiger partial charge is 0.417 e. The molecule has 1 amide bonds. The minimum atomic E-state index is -4.87. The number of ether oxygens (including phenoxy) is 5. The Morgan fingerprint density at radius 2 is 1.69 bits per heavy atom. The molecule has 0 aromatic heterocycles. The molecule has 0 radical (unpaired) electrons. The molecular weight excluding hydrogens is 583 g/mol. The Morgan fingerprint density at radius 1 is 0.976 bits per heavy atom. The first-order chi connectivity index (χ1) is 19.9. The molecule has 1 N–H and O–H groups in total. The van der Waals surface area contributed by atoms with E-state index in [1.54, 1.807) is 36.4 Å².